The smallest absolute Gasteiger partial charge is 0.364 e. The van der Waals surface area contributed by atoms with Crippen LogP contribution in [0.15, 0.2) is 0 Å². The maximum Gasteiger partial charge on any atom is 0.364 e. The van der Waals surface area contributed by atoms with Crippen molar-refractivity contribution >= 4 is 17.8 Å². The first-order chi connectivity index (χ1) is 36.6. The van der Waals surface area contributed by atoms with Gasteiger partial charge in [-0.15, -0.1) is 0 Å². The summed E-state index contributed by atoms with van der Waals surface area (Å²) in [6.45, 7) is -2.24. The maximum absolute atomic E-state index is 13.0. The van der Waals surface area contributed by atoms with Gasteiger partial charge in [0.05, 0.1) is 51.3 Å². The van der Waals surface area contributed by atoms with Gasteiger partial charge in [-0.25, -0.2) is 4.79 Å². The molecule has 0 bridgehead atoms. The van der Waals surface area contributed by atoms with Gasteiger partial charge in [0.25, 0.3) is 5.79 Å². The molecule has 0 aliphatic carbocycles. The fourth-order valence-corrected chi connectivity index (χ4v) is 9.83. The highest BCUT2D eigenvalue weighted by Gasteiger charge is 2.60. The van der Waals surface area contributed by atoms with Gasteiger partial charge >= 0.3 is 5.97 Å². The van der Waals surface area contributed by atoms with Gasteiger partial charge in [-0.3, -0.25) is 9.59 Å². The monoisotopic (exact) mass is 1140 g/mol. The average molecular weight is 1150 g/mol. The Bertz CT molecular complexity index is 1950. The SMILES string of the molecule is CC(=O)N[C@H]1[C@H](O[C@H]2[C@@H](O)[C@@H](CO)O[C@@H](O[C@H]3[C@H](O)[C@@H](O)C(O)O[C@@H]3CO)[C@@H]2O)O[C@H](CO)[C@@H](O)[C@@H]1O[C@@H]1O[C@H](CO[C@]2(C(=O)O)C[C@H](O)[C@@H](NC(C)=O)[C@H]([C@H](O)[C@H](O)CO)O2)[C@H](O)[C@H](O)[C@H]1O[C@@H]1O[C@@H](C)[C@@H](O)[C@@H](O)[C@@H]1O. The highest BCUT2D eigenvalue weighted by atomic mass is 16.8. The van der Waals surface area contributed by atoms with Crippen molar-refractivity contribution in [3.05, 3.63) is 0 Å². The fraction of sp³-hybridized carbons (Fsp3) is 0.930. The fourth-order valence-electron chi connectivity index (χ4n) is 9.83. The van der Waals surface area contributed by atoms with Crippen molar-refractivity contribution < 1.29 is 164 Å². The number of hydrogen-bond donors (Lipinski definition) is 21. The highest BCUT2D eigenvalue weighted by Crippen LogP contribution is 2.39. The summed E-state index contributed by atoms with van der Waals surface area (Å²) in [7, 11) is 0. The number of aliphatic hydroxyl groups excluding tert-OH is 18. The van der Waals surface area contributed by atoms with Crippen LogP contribution in [-0.4, -0.2) is 338 Å². The van der Waals surface area contributed by atoms with Crippen LogP contribution in [0.1, 0.15) is 27.2 Å². The molecule has 1 unspecified atom stereocenters. The molecule has 0 aromatic heterocycles. The van der Waals surface area contributed by atoms with Crippen LogP contribution < -0.4 is 10.6 Å². The normalized spacial score (nSPS) is 48.1. The first-order valence-electron chi connectivity index (χ1n) is 24.6. The van der Waals surface area contributed by atoms with E-state index >= 15 is 0 Å². The van der Waals surface area contributed by atoms with Crippen molar-refractivity contribution in [3.8, 4) is 0 Å². The Morgan fingerprint density at radius 1 is 0.538 bits per heavy atom. The van der Waals surface area contributed by atoms with Crippen LogP contribution in [-0.2, 0) is 66.5 Å². The summed E-state index contributed by atoms with van der Waals surface area (Å²) in [6, 6.07) is -3.57. The number of carboxylic acid groups (broad SMARTS) is 1. The molecule has 6 fully saturated rings. The Kier molecular flexibility index (Phi) is 22.4. The largest absolute Gasteiger partial charge is 0.477 e. The molecular formula is C43H72N2O33. The van der Waals surface area contributed by atoms with E-state index in [1.165, 1.54) is 6.92 Å². The van der Waals surface area contributed by atoms with Crippen molar-refractivity contribution in [2.75, 3.05) is 33.0 Å². The lowest BCUT2D eigenvalue weighted by Crippen LogP contribution is -2.71. The lowest BCUT2D eigenvalue weighted by atomic mass is 9.88. The number of amides is 2. The van der Waals surface area contributed by atoms with Gasteiger partial charge in [0.15, 0.2) is 31.5 Å². The molecule has 6 aliphatic rings. The molecule has 6 rings (SSSR count). The van der Waals surface area contributed by atoms with Gasteiger partial charge in [0, 0.05) is 20.3 Å². The zero-order valence-corrected chi connectivity index (χ0v) is 41.8. The predicted octanol–water partition coefficient (Wildman–Crippen LogP) is -13.6. The summed E-state index contributed by atoms with van der Waals surface area (Å²) < 4.78 is 63.0. The van der Waals surface area contributed by atoms with Crippen molar-refractivity contribution in [2.45, 2.75) is 217 Å². The van der Waals surface area contributed by atoms with Crippen molar-refractivity contribution in [1.82, 2.24) is 10.6 Å². The van der Waals surface area contributed by atoms with Crippen LogP contribution in [0.2, 0.25) is 0 Å². The van der Waals surface area contributed by atoms with E-state index in [2.05, 4.69) is 10.6 Å². The topological polar surface area (TPSA) is 561 Å². The van der Waals surface area contributed by atoms with E-state index in [1.54, 1.807) is 0 Å². The molecule has 0 aromatic rings. The number of rotatable bonds is 20. The number of carbonyl (C=O) groups excluding carboxylic acids is 2. The van der Waals surface area contributed by atoms with Gasteiger partial charge in [-0.05, 0) is 6.92 Å². The quantitative estimate of drug-likeness (QED) is 0.0538. The Hall–Kier alpha value is -2.75. The highest BCUT2D eigenvalue weighted by molar-refractivity contribution is 5.76. The van der Waals surface area contributed by atoms with E-state index in [0.29, 0.717) is 0 Å². The van der Waals surface area contributed by atoms with E-state index in [-0.39, 0.29) is 0 Å². The molecule has 6 aliphatic heterocycles. The first kappa shape index (κ1) is 64.4. The minimum Gasteiger partial charge on any atom is -0.477 e. The average Bonchev–Trinajstić information content (AvgIpc) is 3.47. The number of hydrogen-bond acceptors (Lipinski definition) is 32. The summed E-state index contributed by atoms with van der Waals surface area (Å²) in [5.41, 5.74) is 0. The molecule has 0 radical (unpaired) electrons. The maximum atomic E-state index is 13.0. The lowest BCUT2D eigenvalue weighted by molar-refractivity contribution is -0.393. The summed E-state index contributed by atoms with van der Waals surface area (Å²) in [6.07, 6.45) is -57.4. The second kappa shape index (κ2) is 27.1. The number of carbonyl (C=O) groups is 3. The van der Waals surface area contributed by atoms with Gasteiger partial charge in [-0.2, -0.15) is 0 Å². The molecule has 35 nitrogen and oxygen atoms in total. The third-order valence-corrected chi connectivity index (χ3v) is 14.2. The standard InChI is InChI=1S/C43H72N2O33/c1-10-21(54)26(59)30(63)39(69-10)77-36-27(60)23(56)18(9-68-43(42(66)67)4-13(52)19(44-11(2)50)34(78-43)22(55)14(53)5-46)73-41(36)75-33-20(45-12(3)51)38(71-15(6-47)24(33)57)76-35-25(58)16(7-48)72-40(31(35)64)74-32-17(8-49)70-37(65)29(62)28(32)61/h10,13-41,46-49,52-65H,4-9H2,1-3H3,(H,44,50)(H,45,51)(H,66,67)/t10-,13-,14+,15+,16+,17+,18+,19+,20+,21+,22+,23-,24+,25-,26+,27-,28+,29+,30-,31+,32+,33+,34+,35-,36+,37?,38-,39-,40-,41-,43+/m0/s1. The molecule has 21 N–H and O–H groups in total. The third-order valence-electron chi connectivity index (χ3n) is 14.2. The summed E-state index contributed by atoms with van der Waals surface area (Å²) in [5, 5.41) is 209. The van der Waals surface area contributed by atoms with Gasteiger partial charge in [0.1, 0.15) is 134 Å². The van der Waals surface area contributed by atoms with Crippen molar-refractivity contribution in [3.63, 3.8) is 0 Å². The van der Waals surface area contributed by atoms with Crippen LogP contribution >= 0.6 is 0 Å². The summed E-state index contributed by atoms with van der Waals surface area (Å²) in [4.78, 5) is 38.0. The minimum atomic E-state index is -3.07. The number of aliphatic carboxylic acids is 1. The molecule has 0 spiro atoms. The molecule has 35 heteroatoms. The molecule has 2 amide bonds. The second-order valence-corrected chi connectivity index (χ2v) is 19.7. The molecule has 452 valence electrons. The van der Waals surface area contributed by atoms with Crippen LogP contribution in [0.4, 0.5) is 0 Å². The second-order valence-electron chi connectivity index (χ2n) is 19.7. The Morgan fingerprint density at radius 2 is 1.05 bits per heavy atom. The van der Waals surface area contributed by atoms with E-state index in [0.717, 1.165) is 13.8 Å². The molecular weight excluding hydrogens is 1070 g/mol. The molecule has 6 saturated heterocycles. The zero-order chi connectivity index (χ0) is 58.0. The van der Waals surface area contributed by atoms with Crippen molar-refractivity contribution in [2.24, 2.45) is 0 Å². The number of carboxylic acids is 1. The van der Waals surface area contributed by atoms with Crippen molar-refractivity contribution in [1.29, 1.82) is 0 Å². The van der Waals surface area contributed by atoms with Crippen LogP contribution in [0.3, 0.4) is 0 Å². The van der Waals surface area contributed by atoms with E-state index in [1.807, 2.05) is 0 Å². The first-order valence-corrected chi connectivity index (χ1v) is 24.6. The minimum absolute atomic E-state index is 0.815. The van der Waals surface area contributed by atoms with E-state index < -0.39 is 247 Å². The van der Waals surface area contributed by atoms with Crippen LogP contribution in [0.25, 0.3) is 0 Å². The molecule has 31 atom stereocenters. The number of aliphatic hydroxyl groups is 18. The summed E-state index contributed by atoms with van der Waals surface area (Å²) in [5.74, 6) is -6.85. The Balaban J connectivity index is 1.34. The van der Waals surface area contributed by atoms with Gasteiger partial charge < -0.3 is 160 Å². The summed E-state index contributed by atoms with van der Waals surface area (Å²) >= 11 is 0. The predicted molar refractivity (Wildman–Crippen MR) is 238 cm³/mol. The third kappa shape index (κ3) is 13.7. The Morgan fingerprint density at radius 3 is 1.63 bits per heavy atom. The molecule has 0 saturated carbocycles. The zero-order valence-electron chi connectivity index (χ0n) is 41.8. The van der Waals surface area contributed by atoms with Gasteiger partial charge in [-0.1, -0.05) is 0 Å². The van der Waals surface area contributed by atoms with Gasteiger partial charge in [0.2, 0.25) is 11.8 Å². The van der Waals surface area contributed by atoms with Crippen LogP contribution in [0.5, 0.6) is 0 Å². The Labute approximate surface area is 441 Å². The number of nitrogens with one attached hydrogen (secondary N) is 2. The molecule has 6 heterocycles. The molecule has 78 heavy (non-hydrogen) atoms. The molecule has 0 aromatic carbocycles. The van der Waals surface area contributed by atoms with Crippen LogP contribution in [0, 0.1) is 0 Å². The lowest BCUT2D eigenvalue weighted by Gasteiger charge is -2.51. The van der Waals surface area contributed by atoms with E-state index in [4.69, 9.17) is 52.1 Å². The number of ether oxygens (including phenoxy) is 11. The van der Waals surface area contributed by atoms with E-state index in [9.17, 15) is 111 Å².